The second-order valence-electron chi connectivity index (χ2n) is 2.87. The molecule has 0 aliphatic carbocycles. The van der Waals surface area contributed by atoms with Crippen LogP contribution in [0.3, 0.4) is 0 Å². The Labute approximate surface area is 88.5 Å². The van der Waals surface area contributed by atoms with Crippen LogP contribution >= 0.6 is 11.5 Å². The predicted molar refractivity (Wildman–Crippen MR) is 54.6 cm³/mol. The molecular formula is C7H9N3O4S. The Morgan fingerprint density at radius 1 is 1.47 bits per heavy atom. The largest absolute Gasteiger partial charge is 0.477 e. The highest BCUT2D eigenvalue weighted by Crippen LogP contribution is 2.16. The quantitative estimate of drug-likeness (QED) is 0.677. The van der Waals surface area contributed by atoms with Crippen LogP contribution in [-0.2, 0) is 0 Å². The third-order valence-corrected chi connectivity index (χ3v) is 2.34. The van der Waals surface area contributed by atoms with Crippen LogP contribution in [0.25, 0.3) is 0 Å². The van der Waals surface area contributed by atoms with Crippen molar-refractivity contribution in [3.8, 4) is 0 Å². The lowest BCUT2D eigenvalue weighted by Gasteiger charge is -2.10. The number of aromatic carboxylic acids is 1. The number of carbonyl (C=O) groups excluding carboxylic acids is 1. The van der Waals surface area contributed by atoms with Gasteiger partial charge in [-0.05, 0) is 11.5 Å². The van der Waals surface area contributed by atoms with E-state index in [1.807, 2.05) is 0 Å². The van der Waals surface area contributed by atoms with Crippen molar-refractivity contribution in [3.63, 3.8) is 0 Å². The van der Waals surface area contributed by atoms with Crippen LogP contribution in [0.15, 0.2) is 4.79 Å². The van der Waals surface area contributed by atoms with Crippen LogP contribution in [0, 0.1) is 0 Å². The maximum absolute atomic E-state index is 11.2. The average molecular weight is 231 g/mol. The third kappa shape index (κ3) is 2.34. The van der Waals surface area contributed by atoms with E-state index in [1.165, 1.54) is 19.0 Å². The number of urea groups is 1. The maximum atomic E-state index is 11.2. The molecule has 0 atom stereocenters. The van der Waals surface area contributed by atoms with Crippen molar-refractivity contribution in [2.24, 2.45) is 0 Å². The molecule has 0 saturated heterocycles. The number of H-pyrrole nitrogens is 1. The summed E-state index contributed by atoms with van der Waals surface area (Å²) in [4.78, 5) is 34.2. The van der Waals surface area contributed by atoms with Gasteiger partial charge in [-0.25, -0.2) is 9.59 Å². The SMILES string of the molecule is CN(C)C(=O)Nc1s[nH]c(=O)c1C(=O)O. The van der Waals surface area contributed by atoms with E-state index in [4.69, 9.17) is 5.11 Å². The van der Waals surface area contributed by atoms with E-state index in [9.17, 15) is 14.4 Å². The number of anilines is 1. The van der Waals surface area contributed by atoms with Crippen molar-refractivity contribution >= 4 is 28.5 Å². The molecule has 0 saturated carbocycles. The highest BCUT2D eigenvalue weighted by molar-refractivity contribution is 7.10. The highest BCUT2D eigenvalue weighted by Gasteiger charge is 2.19. The van der Waals surface area contributed by atoms with Crippen LogP contribution in [0.1, 0.15) is 10.4 Å². The first-order chi connectivity index (χ1) is 6.93. The standard InChI is InChI=1S/C7H9N3O4S/c1-10(2)7(14)8-5-3(6(12)13)4(11)9-15-5/h1-2H3,(H,8,14)(H,9,11)(H,12,13). The van der Waals surface area contributed by atoms with Crippen LogP contribution in [-0.4, -0.2) is 40.5 Å². The fraction of sp³-hybridized carbons (Fsp3) is 0.286. The number of nitrogens with zero attached hydrogens (tertiary/aromatic N) is 1. The maximum Gasteiger partial charge on any atom is 0.344 e. The third-order valence-electron chi connectivity index (χ3n) is 1.54. The molecule has 1 aromatic heterocycles. The Hall–Kier alpha value is -1.83. The van der Waals surface area contributed by atoms with Gasteiger partial charge in [0.25, 0.3) is 5.56 Å². The summed E-state index contributed by atoms with van der Waals surface area (Å²) in [5, 5.41) is 11.0. The van der Waals surface area contributed by atoms with Gasteiger partial charge in [0.1, 0.15) is 5.00 Å². The topological polar surface area (TPSA) is 103 Å². The van der Waals surface area contributed by atoms with Crippen LogP contribution < -0.4 is 10.9 Å². The Balaban J connectivity index is 3.01. The summed E-state index contributed by atoms with van der Waals surface area (Å²) in [6.07, 6.45) is 0. The van der Waals surface area contributed by atoms with Gasteiger partial charge in [-0.3, -0.25) is 14.5 Å². The van der Waals surface area contributed by atoms with Crippen molar-refractivity contribution in [1.29, 1.82) is 0 Å². The molecule has 0 aromatic carbocycles. The van der Waals surface area contributed by atoms with Crippen molar-refractivity contribution < 1.29 is 14.7 Å². The summed E-state index contributed by atoms with van der Waals surface area (Å²) in [5.74, 6) is -1.37. The molecule has 7 nitrogen and oxygen atoms in total. The number of carboxylic acids is 1. The predicted octanol–water partition coefficient (Wildman–Crippen LogP) is 0.228. The highest BCUT2D eigenvalue weighted by atomic mass is 32.1. The van der Waals surface area contributed by atoms with Crippen molar-refractivity contribution in [2.75, 3.05) is 19.4 Å². The van der Waals surface area contributed by atoms with Crippen molar-refractivity contribution in [3.05, 3.63) is 15.9 Å². The van der Waals surface area contributed by atoms with E-state index in [-0.39, 0.29) is 5.00 Å². The molecule has 0 aliphatic heterocycles. The molecule has 1 rings (SSSR count). The van der Waals surface area contributed by atoms with E-state index in [0.29, 0.717) is 0 Å². The summed E-state index contributed by atoms with van der Waals surface area (Å²) in [7, 11) is 3.01. The fourth-order valence-electron chi connectivity index (χ4n) is 0.794. The number of aromatic amines is 1. The molecule has 0 bridgehead atoms. The lowest BCUT2D eigenvalue weighted by Crippen LogP contribution is -2.28. The van der Waals surface area contributed by atoms with Crippen LogP contribution in [0.4, 0.5) is 9.80 Å². The van der Waals surface area contributed by atoms with Crippen LogP contribution in [0.2, 0.25) is 0 Å². The second kappa shape index (κ2) is 4.13. The average Bonchev–Trinajstić information content (AvgIpc) is 2.46. The van der Waals surface area contributed by atoms with Crippen molar-refractivity contribution in [2.45, 2.75) is 0 Å². The monoisotopic (exact) mass is 231 g/mol. The smallest absolute Gasteiger partial charge is 0.344 e. The Morgan fingerprint density at radius 3 is 2.53 bits per heavy atom. The van der Waals surface area contributed by atoms with Gasteiger partial charge in [-0.15, -0.1) is 0 Å². The number of nitrogens with one attached hydrogen (secondary N) is 2. The van der Waals surface area contributed by atoms with E-state index < -0.39 is 23.1 Å². The molecular weight excluding hydrogens is 222 g/mol. The molecule has 15 heavy (non-hydrogen) atoms. The zero-order valence-corrected chi connectivity index (χ0v) is 8.84. The van der Waals surface area contributed by atoms with E-state index >= 15 is 0 Å². The molecule has 3 N–H and O–H groups in total. The molecule has 0 unspecified atom stereocenters. The molecule has 2 amide bonds. The number of aromatic nitrogens is 1. The summed E-state index contributed by atoms with van der Waals surface area (Å²) in [5.41, 5.74) is -1.17. The first-order valence-corrected chi connectivity index (χ1v) is 4.68. The second-order valence-corrected chi connectivity index (χ2v) is 3.68. The molecule has 1 aromatic rings. The van der Waals surface area contributed by atoms with Crippen molar-refractivity contribution in [1.82, 2.24) is 9.27 Å². The molecule has 0 spiro atoms. The molecule has 0 radical (unpaired) electrons. The van der Waals surface area contributed by atoms with Gasteiger partial charge in [0.15, 0.2) is 5.56 Å². The minimum atomic E-state index is -1.37. The number of rotatable bonds is 2. The number of amides is 2. The van der Waals surface area contributed by atoms with Gasteiger partial charge in [-0.2, -0.15) is 0 Å². The van der Waals surface area contributed by atoms with E-state index in [2.05, 4.69) is 9.69 Å². The van der Waals surface area contributed by atoms with Gasteiger partial charge in [-0.1, -0.05) is 0 Å². The Morgan fingerprint density at radius 2 is 2.07 bits per heavy atom. The summed E-state index contributed by atoms with van der Waals surface area (Å²) >= 11 is 0.773. The fourth-order valence-corrected chi connectivity index (χ4v) is 1.51. The Kier molecular flexibility index (Phi) is 3.10. The summed E-state index contributed by atoms with van der Waals surface area (Å²) < 4.78 is 2.23. The number of carboxylic acid groups (broad SMARTS) is 1. The van der Waals surface area contributed by atoms with Gasteiger partial charge < -0.3 is 10.0 Å². The first-order valence-electron chi connectivity index (χ1n) is 3.86. The number of hydrogen-bond donors (Lipinski definition) is 3. The number of hydrogen-bond acceptors (Lipinski definition) is 4. The lowest BCUT2D eigenvalue weighted by molar-refractivity contribution is 0.0697. The minimum absolute atomic E-state index is 0.00574. The molecule has 8 heteroatoms. The number of carbonyl (C=O) groups is 2. The minimum Gasteiger partial charge on any atom is -0.477 e. The zero-order chi connectivity index (χ0) is 11.6. The van der Waals surface area contributed by atoms with E-state index in [1.54, 1.807) is 0 Å². The Bertz CT molecular complexity index is 447. The molecule has 0 aliphatic rings. The summed E-state index contributed by atoms with van der Waals surface area (Å²) in [6.45, 7) is 0. The van der Waals surface area contributed by atoms with Gasteiger partial charge >= 0.3 is 12.0 Å². The van der Waals surface area contributed by atoms with Crippen LogP contribution in [0.5, 0.6) is 0 Å². The summed E-state index contributed by atoms with van der Waals surface area (Å²) in [6, 6.07) is -0.493. The van der Waals surface area contributed by atoms with Gasteiger partial charge in [0.05, 0.1) is 0 Å². The molecule has 82 valence electrons. The molecule has 1 heterocycles. The normalized spacial score (nSPS) is 9.73. The first kappa shape index (κ1) is 11.2. The van der Waals surface area contributed by atoms with E-state index in [0.717, 1.165) is 11.5 Å². The zero-order valence-electron chi connectivity index (χ0n) is 8.03. The molecule has 0 fully saturated rings. The van der Waals surface area contributed by atoms with Gasteiger partial charge in [0.2, 0.25) is 0 Å². The van der Waals surface area contributed by atoms with Gasteiger partial charge in [0, 0.05) is 14.1 Å². The lowest BCUT2D eigenvalue weighted by atomic mass is 10.3.